The molecule has 1 saturated carbocycles. The van der Waals surface area contributed by atoms with Crippen molar-refractivity contribution in [3.63, 3.8) is 0 Å². The SMILES string of the molecule is CC(C)c1nccc(NC2CCC(n3nc(-n4cncn4)ccc3=O)CC2)n1. The van der Waals surface area contributed by atoms with Crippen molar-refractivity contribution in [2.75, 3.05) is 5.32 Å². The molecule has 0 unspecified atom stereocenters. The first kappa shape index (κ1) is 18.3. The van der Waals surface area contributed by atoms with Crippen LogP contribution in [0.5, 0.6) is 0 Å². The van der Waals surface area contributed by atoms with E-state index in [4.69, 9.17) is 0 Å². The molecule has 0 amide bonds. The highest BCUT2D eigenvalue weighted by Gasteiger charge is 2.24. The van der Waals surface area contributed by atoms with Gasteiger partial charge in [-0.15, -0.1) is 5.10 Å². The molecule has 0 aliphatic heterocycles. The fraction of sp³-hybridized carbons (Fsp3) is 0.474. The minimum Gasteiger partial charge on any atom is -0.367 e. The molecule has 0 radical (unpaired) electrons. The molecule has 1 N–H and O–H groups in total. The van der Waals surface area contributed by atoms with Gasteiger partial charge in [0.15, 0.2) is 5.82 Å². The van der Waals surface area contributed by atoms with Crippen LogP contribution >= 0.6 is 0 Å². The molecule has 3 aromatic heterocycles. The van der Waals surface area contributed by atoms with Crippen molar-refractivity contribution in [3.05, 3.63) is 53.2 Å². The molecule has 3 heterocycles. The molecule has 3 aromatic rings. The Kier molecular flexibility index (Phi) is 5.14. The van der Waals surface area contributed by atoms with Crippen molar-refractivity contribution < 1.29 is 0 Å². The van der Waals surface area contributed by atoms with Crippen LogP contribution in [-0.2, 0) is 0 Å². The first-order valence-electron chi connectivity index (χ1n) is 9.64. The monoisotopic (exact) mass is 380 g/mol. The summed E-state index contributed by atoms with van der Waals surface area (Å²) in [5.74, 6) is 2.61. The highest BCUT2D eigenvalue weighted by molar-refractivity contribution is 5.34. The van der Waals surface area contributed by atoms with Crippen LogP contribution in [0, 0.1) is 0 Å². The second kappa shape index (κ2) is 7.87. The zero-order valence-corrected chi connectivity index (χ0v) is 16.1. The molecular weight excluding hydrogens is 356 g/mol. The zero-order chi connectivity index (χ0) is 19.5. The van der Waals surface area contributed by atoms with E-state index in [1.165, 1.54) is 6.33 Å². The molecule has 1 aliphatic carbocycles. The van der Waals surface area contributed by atoms with E-state index < -0.39 is 0 Å². The van der Waals surface area contributed by atoms with E-state index in [1.807, 2.05) is 6.07 Å². The maximum atomic E-state index is 12.3. The number of anilines is 1. The number of hydrogen-bond acceptors (Lipinski definition) is 7. The summed E-state index contributed by atoms with van der Waals surface area (Å²) >= 11 is 0. The topological polar surface area (TPSA) is 103 Å². The minimum absolute atomic E-state index is 0.0855. The van der Waals surface area contributed by atoms with E-state index in [9.17, 15) is 4.79 Å². The second-order valence-corrected chi connectivity index (χ2v) is 7.42. The Hall–Kier alpha value is -3.10. The second-order valence-electron chi connectivity index (χ2n) is 7.42. The lowest BCUT2D eigenvalue weighted by Crippen LogP contribution is -2.33. The van der Waals surface area contributed by atoms with Gasteiger partial charge in [-0.25, -0.2) is 24.3 Å². The van der Waals surface area contributed by atoms with Crippen molar-refractivity contribution in [3.8, 4) is 5.82 Å². The number of nitrogens with one attached hydrogen (secondary N) is 1. The summed E-state index contributed by atoms with van der Waals surface area (Å²) in [6.07, 6.45) is 8.49. The van der Waals surface area contributed by atoms with Crippen LogP contribution in [0.15, 0.2) is 41.8 Å². The molecule has 4 rings (SSSR count). The summed E-state index contributed by atoms with van der Waals surface area (Å²) in [5, 5.41) is 12.1. The van der Waals surface area contributed by atoms with Gasteiger partial charge in [-0.1, -0.05) is 13.8 Å². The third-order valence-corrected chi connectivity index (χ3v) is 5.05. The average Bonchev–Trinajstić information content (AvgIpc) is 3.24. The molecule has 9 heteroatoms. The van der Waals surface area contributed by atoms with Crippen LogP contribution < -0.4 is 10.9 Å². The number of nitrogens with zero attached hydrogens (tertiary/aromatic N) is 7. The van der Waals surface area contributed by atoms with Gasteiger partial charge in [0.25, 0.3) is 5.56 Å². The van der Waals surface area contributed by atoms with Crippen molar-refractivity contribution >= 4 is 5.82 Å². The Balaban J connectivity index is 1.42. The summed E-state index contributed by atoms with van der Waals surface area (Å²) in [5.41, 5.74) is -0.0855. The molecule has 146 valence electrons. The number of hydrogen-bond donors (Lipinski definition) is 1. The van der Waals surface area contributed by atoms with Crippen LogP contribution in [0.1, 0.15) is 57.3 Å². The Bertz CT molecular complexity index is 974. The van der Waals surface area contributed by atoms with E-state index in [-0.39, 0.29) is 11.6 Å². The van der Waals surface area contributed by atoms with E-state index in [1.54, 1.807) is 34.0 Å². The number of rotatable bonds is 5. The van der Waals surface area contributed by atoms with Crippen molar-refractivity contribution in [2.24, 2.45) is 0 Å². The van der Waals surface area contributed by atoms with E-state index >= 15 is 0 Å². The van der Waals surface area contributed by atoms with Gasteiger partial charge < -0.3 is 5.32 Å². The van der Waals surface area contributed by atoms with Crippen molar-refractivity contribution in [2.45, 2.75) is 57.5 Å². The van der Waals surface area contributed by atoms with E-state index in [0.717, 1.165) is 37.3 Å². The van der Waals surface area contributed by atoms with Crippen LogP contribution in [0.25, 0.3) is 5.82 Å². The molecule has 1 fully saturated rings. The summed E-state index contributed by atoms with van der Waals surface area (Å²) in [6, 6.07) is 5.54. The molecule has 0 spiro atoms. The zero-order valence-electron chi connectivity index (χ0n) is 16.1. The first-order valence-corrected chi connectivity index (χ1v) is 9.64. The molecule has 9 nitrogen and oxygen atoms in total. The number of aromatic nitrogens is 7. The largest absolute Gasteiger partial charge is 0.367 e. The Morgan fingerprint density at radius 3 is 2.68 bits per heavy atom. The van der Waals surface area contributed by atoms with Gasteiger partial charge in [-0.05, 0) is 37.8 Å². The van der Waals surface area contributed by atoms with Crippen LogP contribution in [-0.4, -0.2) is 40.6 Å². The van der Waals surface area contributed by atoms with Crippen LogP contribution in [0.2, 0.25) is 0 Å². The maximum absolute atomic E-state index is 12.3. The lowest BCUT2D eigenvalue weighted by molar-refractivity contribution is 0.302. The molecule has 0 aromatic carbocycles. The summed E-state index contributed by atoms with van der Waals surface area (Å²) < 4.78 is 3.15. The Labute approximate surface area is 162 Å². The quantitative estimate of drug-likeness (QED) is 0.724. The van der Waals surface area contributed by atoms with Gasteiger partial charge >= 0.3 is 0 Å². The maximum Gasteiger partial charge on any atom is 0.267 e. The highest BCUT2D eigenvalue weighted by atomic mass is 16.1. The Morgan fingerprint density at radius 1 is 1.14 bits per heavy atom. The van der Waals surface area contributed by atoms with Gasteiger partial charge in [-0.2, -0.15) is 5.10 Å². The molecule has 0 saturated heterocycles. The predicted octanol–water partition coefficient (Wildman–Crippen LogP) is 2.33. The van der Waals surface area contributed by atoms with Gasteiger partial charge in [0.2, 0.25) is 0 Å². The molecule has 0 atom stereocenters. The first-order chi connectivity index (χ1) is 13.6. The molecular formula is C19H24N8O. The fourth-order valence-electron chi connectivity index (χ4n) is 3.53. The van der Waals surface area contributed by atoms with Crippen molar-refractivity contribution in [1.29, 1.82) is 0 Å². The molecule has 1 aliphatic rings. The van der Waals surface area contributed by atoms with Gasteiger partial charge in [-0.3, -0.25) is 4.79 Å². The highest BCUT2D eigenvalue weighted by Crippen LogP contribution is 2.28. The smallest absolute Gasteiger partial charge is 0.267 e. The predicted molar refractivity (Wildman–Crippen MR) is 104 cm³/mol. The minimum atomic E-state index is -0.0855. The van der Waals surface area contributed by atoms with Crippen molar-refractivity contribution in [1.82, 2.24) is 34.5 Å². The van der Waals surface area contributed by atoms with E-state index in [2.05, 4.69) is 44.3 Å². The lowest BCUT2D eigenvalue weighted by Gasteiger charge is -2.30. The average molecular weight is 380 g/mol. The molecule has 0 bridgehead atoms. The summed E-state index contributed by atoms with van der Waals surface area (Å²) in [4.78, 5) is 25.2. The van der Waals surface area contributed by atoms with Crippen LogP contribution in [0.4, 0.5) is 5.82 Å². The van der Waals surface area contributed by atoms with E-state index in [0.29, 0.717) is 17.8 Å². The van der Waals surface area contributed by atoms with Crippen LogP contribution in [0.3, 0.4) is 0 Å². The third kappa shape index (κ3) is 3.92. The van der Waals surface area contributed by atoms with Gasteiger partial charge in [0.05, 0.1) is 6.04 Å². The normalized spacial score (nSPS) is 19.7. The molecule has 28 heavy (non-hydrogen) atoms. The standard InChI is InChI=1S/C19H24N8O/c1-13(2)19-21-10-9-16(24-19)23-14-3-5-15(6-4-14)27-18(28)8-7-17(25-27)26-12-20-11-22-26/h7-15H,3-6H2,1-2H3,(H,21,23,24). The van der Waals surface area contributed by atoms with Gasteiger partial charge in [0.1, 0.15) is 24.3 Å². The Morgan fingerprint density at radius 2 is 1.96 bits per heavy atom. The summed E-state index contributed by atoms with van der Waals surface area (Å²) in [6.45, 7) is 4.17. The fourth-order valence-corrected chi connectivity index (χ4v) is 3.53. The third-order valence-electron chi connectivity index (χ3n) is 5.05. The van der Waals surface area contributed by atoms with Gasteiger partial charge in [0, 0.05) is 24.2 Å². The lowest BCUT2D eigenvalue weighted by atomic mass is 9.91. The summed E-state index contributed by atoms with van der Waals surface area (Å²) in [7, 11) is 0.